The summed E-state index contributed by atoms with van der Waals surface area (Å²) in [4.78, 5) is 27.6. The van der Waals surface area contributed by atoms with Crippen LogP contribution in [-0.2, 0) is 16.0 Å². The molecule has 0 saturated carbocycles. The Balaban J connectivity index is 1.42. The maximum absolute atomic E-state index is 12.4. The van der Waals surface area contributed by atoms with E-state index in [1.54, 1.807) is 25.4 Å². The number of esters is 1. The van der Waals surface area contributed by atoms with Gasteiger partial charge in [0.1, 0.15) is 11.3 Å². The average Bonchev–Trinajstić information content (AvgIpc) is 3.30. The molecule has 4 rings (SSSR count). The van der Waals surface area contributed by atoms with Crippen LogP contribution in [0, 0.1) is 0 Å². The number of Topliss-reactive ketones (excluding diaryl/α,β-unsaturated/α-hetero) is 1. The summed E-state index contributed by atoms with van der Waals surface area (Å²) in [6, 6.07) is 12.9. The smallest absolute Gasteiger partial charge is 0.310 e. The van der Waals surface area contributed by atoms with Crippen molar-refractivity contribution < 1.29 is 23.5 Å². The molecule has 0 unspecified atom stereocenters. The van der Waals surface area contributed by atoms with Gasteiger partial charge in [-0.3, -0.25) is 9.59 Å². The zero-order chi connectivity index (χ0) is 18.8. The van der Waals surface area contributed by atoms with Crippen molar-refractivity contribution in [3.8, 4) is 5.75 Å². The van der Waals surface area contributed by atoms with E-state index in [9.17, 15) is 9.59 Å². The number of methoxy groups -OCH3 is 1. The molecule has 2 aromatic heterocycles. The van der Waals surface area contributed by atoms with E-state index in [-0.39, 0.29) is 18.8 Å². The van der Waals surface area contributed by atoms with Crippen LogP contribution in [0.2, 0.25) is 0 Å². The standard InChI is InChI=1S/C21H17NO5/c1-25-14-6-7-15-13(11-26-20(15)9-14)8-21(24)27-12-19(23)17-10-22-18-5-3-2-4-16(17)18/h2-7,9-11,22H,8,12H2,1H3. The molecular formula is C21H17NO5. The van der Waals surface area contributed by atoms with Gasteiger partial charge >= 0.3 is 5.97 Å². The van der Waals surface area contributed by atoms with Gasteiger partial charge < -0.3 is 18.9 Å². The molecule has 0 radical (unpaired) electrons. The Morgan fingerprint density at radius 1 is 1.11 bits per heavy atom. The number of carbonyl (C=O) groups is 2. The number of hydrogen-bond acceptors (Lipinski definition) is 5. The summed E-state index contributed by atoms with van der Waals surface area (Å²) < 4.78 is 15.8. The predicted molar refractivity (Wildman–Crippen MR) is 100 cm³/mol. The van der Waals surface area contributed by atoms with Crippen molar-refractivity contribution in [1.29, 1.82) is 0 Å². The van der Waals surface area contributed by atoms with Crippen LogP contribution in [0.3, 0.4) is 0 Å². The van der Waals surface area contributed by atoms with Crippen molar-refractivity contribution in [1.82, 2.24) is 4.98 Å². The van der Waals surface area contributed by atoms with Crippen molar-refractivity contribution in [2.24, 2.45) is 0 Å². The molecule has 0 fully saturated rings. The molecule has 0 bridgehead atoms. The number of hydrogen-bond donors (Lipinski definition) is 1. The van der Waals surface area contributed by atoms with Gasteiger partial charge in [-0.1, -0.05) is 18.2 Å². The van der Waals surface area contributed by atoms with Crippen LogP contribution >= 0.6 is 0 Å². The first-order chi connectivity index (χ1) is 13.2. The second-order valence-electron chi connectivity index (χ2n) is 6.13. The minimum atomic E-state index is -0.485. The molecule has 6 nitrogen and oxygen atoms in total. The van der Waals surface area contributed by atoms with Gasteiger partial charge in [0.25, 0.3) is 0 Å². The largest absolute Gasteiger partial charge is 0.497 e. The van der Waals surface area contributed by atoms with Crippen molar-refractivity contribution in [2.45, 2.75) is 6.42 Å². The highest BCUT2D eigenvalue weighted by Crippen LogP contribution is 2.26. The Labute approximate surface area is 154 Å². The molecule has 27 heavy (non-hydrogen) atoms. The number of rotatable bonds is 6. The summed E-state index contributed by atoms with van der Waals surface area (Å²) in [5, 5.41) is 1.63. The van der Waals surface area contributed by atoms with E-state index in [0.29, 0.717) is 22.5 Å². The first-order valence-electron chi connectivity index (χ1n) is 8.45. The summed E-state index contributed by atoms with van der Waals surface area (Å²) in [6.45, 7) is -0.301. The lowest BCUT2D eigenvalue weighted by Crippen LogP contribution is -2.15. The van der Waals surface area contributed by atoms with Crippen molar-refractivity contribution in [3.05, 3.63) is 66.1 Å². The van der Waals surface area contributed by atoms with Crippen LogP contribution in [0.1, 0.15) is 15.9 Å². The van der Waals surface area contributed by atoms with Crippen LogP contribution in [0.4, 0.5) is 0 Å². The Morgan fingerprint density at radius 2 is 1.96 bits per heavy atom. The normalized spacial score (nSPS) is 11.0. The lowest BCUT2D eigenvalue weighted by molar-refractivity contribution is -0.141. The van der Waals surface area contributed by atoms with Gasteiger partial charge in [0.15, 0.2) is 6.61 Å². The first kappa shape index (κ1) is 16.9. The zero-order valence-electron chi connectivity index (χ0n) is 14.7. The maximum atomic E-state index is 12.4. The van der Waals surface area contributed by atoms with Crippen LogP contribution < -0.4 is 4.74 Å². The third kappa shape index (κ3) is 3.29. The highest BCUT2D eigenvalue weighted by atomic mass is 16.5. The number of para-hydroxylation sites is 1. The number of nitrogens with one attached hydrogen (secondary N) is 1. The average molecular weight is 363 g/mol. The Kier molecular flexibility index (Phi) is 4.38. The lowest BCUT2D eigenvalue weighted by Gasteiger charge is -2.04. The number of fused-ring (bicyclic) bond motifs is 2. The van der Waals surface area contributed by atoms with Gasteiger partial charge in [0.05, 0.1) is 19.8 Å². The second kappa shape index (κ2) is 6.99. The van der Waals surface area contributed by atoms with E-state index in [2.05, 4.69) is 4.98 Å². The molecule has 2 aromatic carbocycles. The molecule has 136 valence electrons. The molecular weight excluding hydrogens is 346 g/mol. The highest BCUT2D eigenvalue weighted by molar-refractivity contribution is 6.08. The molecule has 0 saturated heterocycles. The van der Waals surface area contributed by atoms with E-state index in [1.165, 1.54) is 6.26 Å². The fourth-order valence-corrected chi connectivity index (χ4v) is 3.06. The van der Waals surface area contributed by atoms with Gasteiger partial charge in [-0.15, -0.1) is 0 Å². The van der Waals surface area contributed by atoms with E-state index < -0.39 is 5.97 Å². The molecule has 0 atom stereocenters. The predicted octanol–water partition coefficient (Wildman–Crippen LogP) is 3.89. The van der Waals surface area contributed by atoms with Gasteiger partial charge in [0.2, 0.25) is 5.78 Å². The Morgan fingerprint density at radius 3 is 2.81 bits per heavy atom. The molecule has 0 spiro atoms. The molecule has 4 aromatic rings. The number of ketones is 1. The third-order valence-corrected chi connectivity index (χ3v) is 4.45. The van der Waals surface area contributed by atoms with Gasteiger partial charge in [-0.05, 0) is 18.2 Å². The molecule has 0 aliphatic heterocycles. The van der Waals surface area contributed by atoms with Gasteiger partial charge in [-0.2, -0.15) is 0 Å². The van der Waals surface area contributed by atoms with Crippen LogP contribution in [-0.4, -0.2) is 30.5 Å². The van der Waals surface area contributed by atoms with Crippen molar-refractivity contribution >= 4 is 33.6 Å². The van der Waals surface area contributed by atoms with E-state index in [0.717, 1.165) is 16.3 Å². The third-order valence-electron chi connectivity index (χ3n) is 4.45. The molecule has 6 heteroatoms. The summed E-state index contributed by atoms with van der Waals surface area (Å²) >= 11 is 0. The fraction of sp³-hybridized carbons (Fsp3) is 0.143. The molecule has 0 amide bonds. The molecule has 0 aliphatic rings. The molecule has 2 heterocycles. The lowest BCUT2D eigenvalue weighted by atomic mass is 10.1. The Hall–Kier alpha value is -3.54. The fourth-order valence-electron chi connectivity index (χ4n) is 3.06. The number of benzene rings is 2. The minimum Gasteiger partial charge on any atom is -0.497 e. The number of aromatic amines is 1. The van der Waals surface area contributed by atoms with E-state index in [1.807, 2.05) is 30.3 Å². The summed E-state index contributed by atoms with van der Waals surface area (Å²) in [5.74, 6) is -0.0559. The number of furan rings is 1. The summed E-state index contributed by atoms with van der Waals surface area (Å²) in [6.07, 6.45) is 3.19. The number of ether oxygens (including phenoxy) is 2. The van der Waals surface area contributed by atoms with Crippen LogP contribution in [0.5, 0.6) is 5.75 Å². The maximum Gasteiger partial charge on any atom is 0.310 e. The highest BCUT2D eigenvalue weighted by Gasteiger charge is 2.16. The first-order valence-corrected chi connectivity index (χ1v) is 8.45. The number of aromatic nitrogens is 1. The van der Waals surface area contributed by atoms with E-state index >= 15 is 0 Å². The summed E-state index contributed by atoms with van der Waals surface area (Å²) in [7, 11) is 1.58. The Bertz CT molecular complexity index is 1140. The second-order valence-corrected chi connectivity index (χ2v) is 6.13. The molecule has 0 aliphatic carbocycles. The quantitative estimate of drug-likeness (QED) is 0.415. The number of carbonyl (C=O) groups excluding carboxylic acids is 2. The van der Waals surface area contributed by atoms with E-state index in [4.69, 9.17) is 13.9 Å². The van der Waals surface area contributed by atoms with Crippen LogP contribution in [0.25, 0.3) is 21.9 Å². The monoisotopic (exact) mass is 363 g/mol. The minimum absolute atomic E-state index is 0.0283. The zero-order valence-corrected chi connectivity index (χ0v) is 14.7. The van der Waals surface area contributed by atoms with Gasteiger partial charge in [-0.25, -0.2) is 0 Å². The van der Waals surface area contributed by atoms with Crippen LogP contribution in [0.15, 0.2) is 59.3 Å². The van der Waals surface area contributed by atoms with Crippen molar-refractivity contribution in [2.75, 3.05) is 13.7 Å². The topological polar surface area (TPSA) is 81.5 Å². The number of H-pyrrole nitrogens is 1. The van der Waals surface area contributed by atoms with Gasteiger partial charge in [0, 0.05) is 39.7 Å². The molecule has 1 N–H and O–H groups in total. The SMILES string of the molecule is COc1ccc2c(CC(=O)OCC(=O)c3c[nH]c4ccccc34)coc2c1. The summed E-state index contributed by atoms with van der Waals surface area (Å²) in [5.41, 5.74) is 2.72. The van der Waals surface area contributed by atoms with Crippen molar-refractivity contribution in [3.63, 3.8) is 0 Å².